The second-order valence-electron chi connectivity index (χ2n) is 7.72. The molecular weight excluding hydrogens is 356 g/mol. The Hall–Kier alpha value is -2.91. The summed E-state index contributed by atoms with van der Waals surface area (Å²) in [7, 11) is 0. The van der Waals surface area contributed by atoms with Crippen molar-refractivity contribution in [1.82, 2.24) is 10.2 Å². The Morgan fingerprint density at radius 3 is 2.00 bits per heavy atom. The van der Waals surface area contributed by atoms with E-state index in [-0.39, 0.29) is 11.9 Å². The van der Waals surface area contributed by atoms with Crippen molar-refractivity contribution in [2.24, 2.45) is 0 Å². The summed E-state index contributed by atoms with van der Waals surface area (Å²) in [4.78, 5) is 15.5. The van der Waals surface area contributed by atoms with Gasteiger partial charge in [0.15, 0.2) is 0 Å². The highest BCUT2D eigenvalue weighted by Gasteiger charge is 2.29. The smallest absolute Gasteiger partial charge is 0.244 e. The van der Waals surface area contributed by atoms with E-state index in [1.165, 1.54) is 11.1 Å². The minimum absolute atomic E-state index is 0.179. The molecule has 1 aliphatic rings. The number of likely N-dealkylation sites (tertiary alicyclic amines) is 1. The molecule has 1 amide bonds. The first-order valence-corrected chi connectivity index (χ1v) is 10.5. The molecule has 0 aliphatic carbocycles. The summed E-state index contributed by atoms with van der Waals surface area (Å²) < 4.78 is 0. The van der Waals surface area contributed by atoms with Crippen molar-refractivity contribution in [2.45, 2.75) is 31.3 Å². The maximum absolute atomic E-state index is 13.4. The fourth-order valence-corrected chi connectivity index (χ4v) is 4.15. The molecule has 1 unspecified atom stereocenters. The van der Waals surface area contributed by atoms with Gasteiger partial charge in [-0.25, -0.2) is 0 Å². The third-order valence-electron chi connectivity index (χ3n) is 5.81. The first-order valence-electron chi connectivity index (χ1n) is 10.5. The van der Waals surface area contributed by atoms with E-state index in [1.54, 1.807) is 0 Å². The molecule has 1 fully saturated rings. The van der Waals surface area contributed by atoms with Gasteiger partial charge in [-0.05, 0) is 35.4 Å². The minimum atomic E-state index is -0.315. The molecule has 0 aromatic heterocycles. The zero-order chi connectivity index (χ0) is 19.9. The van der Waals surface area contributed by atoms with Crippen LogP contribution in [0.25, 0.3) is 0 Å². The Kier molecular flexibility index (Phi) is 6.38. The lowest BCUT2D eigenvalue weighted by Crippen LogP contribution is -2.44. The van der Waals surface area contributed by atoms with Crippen LogP contribution in [0.5, 0.6) is 0 Å². The van der Waals surface area contributed by atoms with Gasteiger partial charge in [0.05, 0.1) is 0 Å². The summed E-state index contributed by atoms with van der Waals surface area (Å²) in [5, 5.41) is 3.50. The van der Waals surface area contributed by atoms with E-state index < -0.39 is 0 Å². The van der Waals surface area contributed by atoms with Gasteiger partial charge in [0.1, 0.15) is 6.04 Å². The molecule has 0 radical (unpaired) electrons. The molecule has 1 heterocycles. The SMILES string of the molecule is O=C(C(NCc1ccccc1)c1ccccc1)N1CCC(c2ccccc2)CC1. The number of hydrogen-bond donors (Lipinski definition) is 1. The molecule has 0 spiro atoms. The molecule has 3 nitrogen and oxygen atoms in total. The number of benzene rings is 3. The Morgan fingerprint density at radius 1 is 0.828 bits per heavy atom. The molecule has 1 N–H and O–H groups in total. The van der Waals surface area contributed by atoms with Crippen molar-refractivity contribution in [3.8, 4) is 0 Å². The number of nitrogens with one attached hydrogen (secondary N) is 1. The van der Waals surface area contributed by atoms with Crippen LogP contribution in [0, 0.1) is 0 Å². The van der Waals surface area contributed by atoms with Crippen LogP contribution in [-0.4, -0.2) is 23.9 Å². The minimum Gasteiger partial charge on any atom is -0.341 e. The van der Waals surface area contributed by atoms with Gasteiger partial charge in [-0.15, -0.1) is 0 Å². The third kappa shape index (κ3) is 4.93. The maximum Gasteiger partial charge on any atom is 0.244 e. The molecule has 0 bridgehead atoms. The first kappa shape index (κ1) is 19.4. The van der Waals surface area contributed by atoms with Crippen LogP contribution in [0.3, 0.4) is 0 Å². The van der Waals surface area contributed by atoms with E-state index in [4.69, 9.17) is 0 Å². The van der Waals surface area contributed by atoms with Crippen LogP contribution in [0.2, 0.25) is 0 Å². The predicted molar refractivity (Wildman–Crippen MR) is 117 cm³/mol. The summed E-state index contributed by atoms with van der Waals surface area (Å²) >= 11 is 0. The highest BCUT2D eigenvalue weighted by Crippen LogP contribution is 2.29. The van der Waals surface area contributed by atoms with Crippen LogP contribution in [-0.2, 0) is 11.3 Å². The molecule has 1 atom stereocenters. The molecule has 3 heteroatoms. The van der Waals surface area contributed by atoms with E-state index in [0.29, 0.717) is 12.5 Å². The highest BCUT2D eigenvalue weighted by atomic mass is 16.2. The fraction of sp³-hybridized carbons (Fsp3) is 0.269. The number of carbonyl (C=O) groups is 1. The van der Waals surface area contributed by atoms with Crippen LogP contribution in [0.15, 0.2) is 91.0 Å². The van der Waals surface area contributed by atoms with Gasteiger partial charge >= 0.3 is 0 Å². The lowest BCUT2D eigenvalue weighted by atomic mass is 9.89. The lowest BCUT2D eigenvalue weighted by molar-refractivity contribution is -0.134. The maximum atomic E-state index is 13.4. The molecule has 148 valence electrons. The Balaban J connectivity index is 1.44. The molecule has 3 aromatic carbocycles. The normalized spacial score (nSPS) is 15.8. The summed E-state index contributed by atoms with van der Waals surface area (Å²) in [6.07, 6.45) is 2.05. The van der Waals surface area contributed by atoms with Crippen molar-refractivity contribution in [3.05, 3.63) is 108 Å². The summed E-state index contributed by atoms with van der Waals surface area (Å²) in [6.45, 7) is 2.30. The van der Waals surface area contributed by atoms with E-state index in [1.807, 2.05) is 53.4 Å². The largest absolute Gasteiger partial charge is 0.341 e. The molecular formula is C26H28N2O. The number of nitrogens with zero attached hydrogens (tertiary/aromatic N) is 1. The number of amides is 1. The van der Waals surface area contributed by atoms with E-state index >= 15 is 0 Å². The monoisotopic (exact) mass is 384 g/mol. The van der Waals surface area contributed by atoms with Crippen molar-refractivity contribution >= 4 is 5.91 Å². The van der Waals surface area contributed by atoms with Gasteiger partial charge in [0.25, 0.3) is 0 Å². The summed E-state index contributed by atoms with van der Waals surface area (Å²) in [5.74, 6) is 0.728. The quantitative estimate of drug-likeness (QED) is 0.654. The van der Waals surface area contributed by atoms with Gasteiger partial charge < -0.3 is 4.90 Å². The number of piperidine rings is 1. The van der Waals surface area contributed by atoms with Crippen molar-refractivity contribution in [2.75, 3.05) is 13.1 Å². The second-order valence-corrected chi connectivity index (χ2v) is 7.72. The molecule has 3 aromatic rings. The lowest BCUT2D eigenvalue weighted by Gasteiger charge is -2.35. The molecule has 4 rings (SSSR count). The number of hydrogen-bond acceptors (Lipinski definition) is 2. The number of rotatable bonds is 6. The van der Waals surface area contributed by atoms with Crippen molar-refractivity contribution in [1.29, 1.82) is 0 Å². The van der Waals surface area contributed by atoms with Crippen LogP contribution >= 0.6 is 0 Å². The Morgan fingerprint density at radius 2 is 1.38 bits per heavy atom. The Bertz CT molecular complexity index is 888. The van der Waals surface area contributed by atoms with E-state index in [2.05, 4.69) is 47.8 Å². The van der Waals surface area contributed by atoms with Crippen LogP contribution in [0.1, 0.15) is 41.5 Å². The molecule has 29 heavy (non-hydrogen) atoms. The standard InChI is InChI=1S/C26H28N2O/c29-26(28-18-16-23(17-19-28)22-12-6-2-7-13-22)25(24-14-8-3-9-15-24)27-20-21-10-4-1-5-11-21/h1-15,23,25,27H,16-20H2. The zero-order valence-corrected chi connectivity index (χ0v) is 16.7. The Labute approximate surface area is 173 Å². The van der Waals surface area contributed by atoms with Gasteiger partial charge in [-0.2, -0.15) is 0 Å². The fourth-order valence-electron chi connectivity index (χ4n) is 4.15. The predicted octanol–water partition coefficient (Wildman–Crippen LogP) is 4.92. The van der Waals surface area contributed by atoms with E-state index in [9.17, 15) is 4.79 Å². The number of carbonyl (C=O) groups excluding carboxylic acids is 1. The molecule has 1 saturated heterocycles. The second kappa shape index (κ2) is 9.53. The average Bonchev–Trinajstić information content (AvgIpc) is 2.81. The van der Waals surface area contributed by atoms with Gasteiger partial charge in [-0.1, -0.05) is 91.0 Å². The van der Waals surface area contributed by atoms with Crippen molar-refractivity contribution < 1.29 is 4.79 Å². The van der Waals surface area contributed by atoms with Crippen LogP contribution < -0.4 is 5.32 Å². The van der Waals surface area contributed by atoms with E-state index in [0.717, 1.165) is 31.5 Å². The van der Waals surface area contributed by atoms with Crippen LogP contribution in [0.4, 0.5) is 0 Å². The molecule has 0 saturated carbocycles. The average molecular weight is 385 g/mol. The first-order chi connectivity index (χ1) is 14.3. The summed E-state index contributed by atoms with van der Waals surface area (Å²) in [5.41, 5.74) is 3.60. The topological polar surface area (TPSA) is 32.3 Å². The highest BCUT2D eigenvalue weighted by molar-refractivity contribution is 5.83. The third-order valence-corrected chi connectivity index (χ3v) is 5.81. The van der Waals surface area contributed by atoms with Gasteiger partial charge in [-0.3, -0.25) is 10.1 Å². The molecule has 1 aliphatic heterocycles. The van der Waals surface area contributed by atoms with Gasteiger partial charge in [0, 0.05) is 19.6 Å². The van der Waals surface area contributed by atoms with Gasteiger partial charge in [0.2, 0.25) is 5.91 Å². The van der Waals surface area contributed by atoms with Crippen molar-refractivity contribution in [3.63, 3.8) is 0 Å². The zero-order valence-electron chi connectivity index (χ0n) is 16.7. The summed E-state index contributed by atoms with van der Waals surface area (Å²) in [6, 6.07) is 30.7.